The first kappa shape index (κ1) is 18.2. The van der Waals surface area contributed by atoms with Crippen molar-refractivity contribution >= 4 is 17.8 Å². The van der Waals surface area contributed by atoms with Crippen LogP contribution in [0.25, 0.3) is 0 Å². The van der Waals surface area contributed by atoms with Crippen molar-refractivity contribution in [3.8, 4) is 17.2 Å². The van der Waals surface area contributed by atoms with Gasteiger partial charge in [0.15, 0.2) is 18.1 Å². The summed E-state index contributed by atoms with van der Waals surface area (Å²) in [6.45, 7) is -0.634. The van der Waals surface area contributed by atoms with Crippen molar-refractivity contribution in [1.29, 1.82) is 0 Å². The molecule has 3 rings (SSSR count). The minimum atomic E-state index is -0.981. The highest BCUT2D eigenvalue weighted by Gasteiger charge is 2.29. The Kier molecular flexibility index (Phi) is 5.55. The van der Waals surface area contributed by atoms with E-state index in [0.29, 0.717) is 17.2 Å². The molecule has 1 N–H and O–H groups in total. The maximum Gasteiger partial charge on any atom is 0.351 e. The van der Waals surface area contributed by atoms with Crippen LogP contribution in [0.2, 0.25) is 0 Å². The van der Waals surface area contributed by atoms with Crippen LogP contribution in [0, 0.1) is 0 Å². The van der Waals surface area contributed by atoms with Crippen molar-refractivity contribution in [2.45, 2.75) is 6.10 Å². The lowest BCUT2D eigenvalue weighted by atomic mass is 10.2. The SMILES string of the molecule is COc1ccc(C(=O)NC(=O)COC(=O)[C@@H]2COc3ccccc3O2)cc1. The first-order valence-corrected chi connectivity index (χ1v) is 8.10. The molecule has 2 aromatic carbocycles. The number of hydrogen-bond donors (Lipinski definition) is 1. The van der Waals surface area contributed by atoms with Crippen LogP contribution in [0.5, 0.6) is 17.2 Å². The molecule has 0 fully saturated rings. The molecule has 0 bridgehead atoms. The van der Waals surface area contributed by atoms with Crippen molar-refractivity contribution < 1.29 is 33.3 Å². The minimum absolute atomic E-state index is 0.0256. The van der Waals surface area contributed by atoms with E-state index in [1.165, 1.54) is 19.2 Å². The molecule has 1 aliphatic rings. The molecule has 140 valence electrons. The van der Waals surface area contributed by atoms with Gasteiger partial charge in [-0.15, -0.1) is 0 Å². The summed E-state index contributed by atoms with van der Waals surface area (Å²) in [7, 11) is 1.51. The van der Waals surface area contributed by atoms with Gasteiger partial charge < -0.3 is 18.9 Å². The van der Waals surface area contributed by atoms with E-state index < -0.39 is 30.5 Å². The van der Waals surface area contributed by atoms with Crippen LogP contribution >= 0.6 is 0 Å². The van der Waals surface area contributed by atoms with E-state index in [9.17, 15) is 14.4 Å². The van der Waals surface area contributed by atoms with Crippen molar-refractivity contribution in [2.75, 3.05) is 20.3 Å². The van der Waals surface area contributed by atoms with Crippen LogP contribution in [0.15, 0.2) is 48.5 Å². The van der Waals surface area contributed by atoms with Crippen LogP contribution < -0.4 is 19.5 Å². The molecule has 0 saturated heterocycles. The average Bonchev–Trinajstić information content (AvgIpc) is 2.71. The summed E-state index contributed by atoms with van der Waals surface area (Å²) < 4.78 is 20.8. The summed E-state index contributed by atoms with van der Waals surface area (Å²) in [6, 6.07) is 13.1. The number of nitrogens with one attached hydrogen (secondary N) is 1. The Morgan fingerprint density at radius 3 is 2.48 bits per heavy atom. The second-order valence-corrected chi connectivity index (χ2v) is 5.58. The standard InChI is InChI=1S/C19H17NO7/c1-24-13-8-6-12(7-9-13)18(22)20-17(21)11-26-19(23)16-10-25-14-4-2-3-5-15(14)27-16/h2-9,16H,10-11H2,1H3,(H,20,21,22)/t16-/m0/s1. The Balaban J connectivity index is 1.47. The van der Waals surface area contributed by atoms with E-state index in [-0.39, 0.29) is 12.2 Å². The number of amides is 2. The Bertz CT molecular complexity index is 847. The normalized spacial score (nSPS) is 14.8. The van der Waals surface area contributed by atoms with Gasteiger partial charge in [-0.25, -0.2) is 4.79 Å². The van der Waals surface area contributed by atoms with Gasteiger partial charge in [0.1, 0.15) is 12.4 Å². The van der Waals surface area contributed by atoms with E-state index in [1.807, 2.05) is 0 Å². The zero-order valence-corrected chi connectivity index (χ0v) is 14.5. The molecule has 0 spiro atoms. The quantitative estimate of drug-likeness (QED) is 0.792. The Morgan fingerprint density at radius 1 is 1.07 bits per heavy atom. The summed E-state index contributed by atoms with van der Waals surface area (Å²) >= 11 is 0. The second kappa shape index (κ2) is 8.22. The molecule has 0 saturated carbocycles. The van der Waals surface area contributed by atoms with Crippen LogP contribution in [0.1, 0.15) is 10.4 Å². The summed E-state index contributed by atoms with van der Waals surface area (Å²) in [5.41, 5.74) is 0.274. The fourth-order valence-corrected chi connectivity index (χ4v) is 2.34. The molecule has 0 radical (unpaired) electrons. The topological polar surface area (TPSA) is 100 Å². The minimum Gasteiger partial charge on any atom is -0.497 e. The summed E-state index contributed by atoms with van der Waals surface area (Å²) in [5.74, 6) is -0.569. The highest BCUT2D eigenvalue weighted by molar-refractivity contribution is 6.05. The number of ether oxygens (including phenoxy) is 4. The molecule has 1 atom stereocenters. The highest BCUT2D eigenvalue weighted by atomic mass is 16.6. The number of imide groups is 1. The number of carbonyl (C=O) groups is 3. The van der Waals surface area contributed by atoms with Gasteiger partial charge in [0.05, 0.1) is 7.11 Å². The van der Waals surface area contributed by atoms with Gasteiger partial charge in [0.2, 0.25) is 6.10 Å². The fourth-order valence-electron chi connectivity index (χ4n) is 2.34. The Hall–Kier alpha value is -3.55. The van der Waals surface area contributed by atoms with Crippen LogP contribution in [0.3, 0.4) is 0 Å². The van der Waals surface area contributed by atoms with Gasteiger partial charge in [-0.05, 0) is 36.4 Å². The van der Waals surface area contributed by atoms with E-state index in [2.05, 4.69) is 5.32 Å². The van der Waals surface area contributed by atoms with Crippen molar-refractivity contribution in [3.05, 3.63) is 54.1 Å². The van der Waals surface area contributed by atoms with E-state index in [1.54, 1.807) is 36.4 Å². The van der Waals surface area contributed by atoms with Gasteiger partial charge in [0.25, 0.3) is 11.8 Å². The highest BCUT2D eigenvalue weighted by Crippen LogP contribution is 2.31. The van der Waals surface area contributed by atoms with Gasteiger partial charge >= 0.3 is 5.97 Å². The number of para-hydroxylation sites is 2. The molecule has 1 aliphatic heterocycles. The van der Waals surface area contributed by atoms with E-state index >= 15 is 0 Å². The first-order valence-electron chi connectivity index (χ1n) is 8.10. The maximum absolute atomic E-state index is 12.0. The number of hydrogen-bond acceptors (Lipinski definition) is 7. The molecule has 0 unspecified atom stereocenters. The third-order valence-electron chi connectivity index (χ3n) is 3.72. The van der Waals surface area contributed by atoms with Crippen molar-refractivity contribution in [3.63, 3.8) is 0 Å². The van der Waals surface area contributed by atoms with Crippen LogP contribution in [-0.4, -0.2) is 44.2 Å². The van der Waals surface area contributed by atoms with Crippen LogP contribution in [0.4, 0.5) is 0 Å². The lowest BCUT2D eigenvalue weighted by Crippen LogP contribution is -2.40. The van der Waals surface area contributed by atoms with Gasteiger partial charge in [-0.1, -0.05) is 12.1 Å². The molecule has 2 amide bonds. The van der Waals surface area contributed by atoms with Crippen molar-refractivity contribution in [1.82, 2.24) is 5.32 Å². The smallest absolute Gasteiger partial charge is 0.351 e. The molecule has 0 aliphatic carbocycles. The van der Waals surface area contributed by atoms with Crippen LogP contribution in [-0.2, 0) is 14.3 Å². The third-order valence-corrected chi connectivity index (χ3v) is 3.72. The first-order chi connectivity index (χ1) is 13.1. The van der Waals surface area contributed by atoms with Crippen molar-refractivity contribution in [2.24, 2.45) is 0 Å². The maximum atomic E-state index is 12.0. The lowest BCUT2D eigenvalue weighted by molar-refractivity contribution is -0.157. The summed E-state index contributed by atoms with van der Waals surface area (Å²) in [5, 5.41) is 2.14. The number of esters is 1. The third kappa shape index (κ3) is 4.55. The largest absolute Gasteiger partial charge is 0.497 e. The Morgan fingerprint density at radius 2 is 1.78 bits per heavy atom. The lowest BCUT2D eigenvalue weighted by Gasteiger charge is -2.24. The second-order valence-electron chi connectivity index (χ2n) is 5.58. The van der Waals surface area contributed by atoms with Gasteiger partial charge in [-0.3, -0.25) is 14.9 Å². The predicted octanol–water partition coefficient (Wildman–Crippen LogP) is 1.33. The molecular weight excluding hydrogens is 354 g/mol. The monoisotopic (exact) mass is 371 g/mol. The Labute approximate surface area is 155 Å². The average molecular weight is 371 g/mol. The van der Waals surface area contributed by atoms with E-state index in [0.717, 1.165) is 0 Å². The number of benzene rings is 2. The molecule has 1 heterocycles. The summed E-state index contributed by atoms with van der Waals surface area (Å²) in [6.07, 6.45) is -0.981. The molecule has 27 heavy (non-hydrogen) atoms. The van der Waals surface area contributed by atoms with E-state index in [4.69, 9.17) is 18.9 Å². The number of fused-ring (bicyclic) bond motifs is 1. The molecule has 2 aromatic rings. The molecular formula is C19H17NO7. The predicted molar refractivity (Wildman–Crippen MR) is 92.8 cm³/mol. The molecule has 0 aromatic heterocycles. The number of methoxy groups -OCH3 is 1. The molecule has 8 nitrogen and oxygen atoms in total. The zero-order chi connectivity index (χ0) is 19.2. The summed E-state index contributed by atoms with van der Waals surface area (Å²) in [4.78, 5) is 35.8. The van der Waals surface area contributed by atoms with Gasteiger partial charge in [-0.2, -0.15) is 0 Å². The zero-order valence-electron chi connectivity index (χ0n) is 14.5. The molecule has 8 heteroatoms. The number of rotatable bonds is 5. The fraction of sp³-hybridized carbons (Fsp3) is 0.211. The number of carbonyl (C=O) groups excluding carboxylic acids is 3. The van der Waals surface area contributed by atoms with Gasteiger partial charge in [0, 0.05) is 5.56 Å².